The highest BCUT2D eigenvalue weighted by Crippen LogP contribution is 2.35. The Bertz CT molecular complexity index is 1140. The molecule has 9 heteroatoms. The van der Waals surface area contributed by atoms with Crippen LogP contribution in [0.3, 0.4) is 0 Å². The molecule has 0 saturated heterocycles. The number of rotatable bonds is 8. The van der Waals surface area contributed by atoms with Gasteiger partial charge in [-0.05, 0) is 28.8 Å². The van der Waals surface area contributed by atoms with E-state index in [1.54, 1.807) is 48.5 Å². The smallest absolute Gasteiger partial charge is 0.417 e. The van der Waals surface area contributed by atoms with E-state index in [-0.39, 0.29) is 19.6 Å². The van der Waals surface area contributed by atoms with Crippen molar-refractivity contribution in [3.8, 4) is 0 Å². The van der Waals surface area contributed by atoms with E-state index in [1.807, 2.05) is 12.1 Å². The summed E-state index contributed by atoms with van der Waals surface area (Å²) >= 11 is 5.84. The van der Waals surface area contributed by atoms with Crippen molar-refractivity contribution in [3.63, 3.8) is 0 Å². The average Bonchev–Trinajstić information content (AvgIpc) is 2.84. The SMILES string of the molecule is CN(C(=O)OCc1ccccc1)C(Cc1ccc(C(F)(F)F)c(Cl)c1)C(=O)OCc1ccccc1. The minimum absolute atomic E-state index is 0.0120. The molecule has 0 aliphatic rings. The van der Waals surface area contributed by atoms with Crippen LogP contribution in [-0.2, 0) is 40.1 Å². The summed E-state index contributed by atoms with van der Waals surface area (Å²) in [5.74, 6) is -0.732. The molecule has 0 aromatic heterocycles. The summed E-state index contributed by atoms with van der Waals surface area (Å²) in [6.07, 6.45) is -5.52. The van der Waals surface area contributed by atoms with Gasteiger partial charge in [-0.3, -0.25) is 4.90 Å². The van der Waals surface area contributed by atoms with Crippen LogP contribution in [0.25, 0.3) is 0 Å². The summed E-state index contributed by atoms with van der Waals surface area (Å²) in [5, 5.41) is -0.499. The van der Waals surface area contributed by atoms with E-state index in [0.717, 1.165) is 28.2 Å². The minimum Gasteiger partial charge on any atom is -0.459 e. The number of halogens is 4. The number of hydrogen-bond donors (Lipinski definition) is 0. The Hall–Kier alpha value is -3.52. The lowest BCUT2D eigenvalue weighted by Gasteiger charge is -2.26. The number of nitrogens with zero attached hydrogens (tertiary/aromatic N) is 1. The van der Waals surface area contributed by atoms with Crippen molar-refractivity contribution < 1.29 is 32.2 Å². The van der Waals surface area contributed by atoms with Crippen LogP contribution in [0.1, 0.15) is 22.3 Å². The Balaban J connectivity index is 1.76. The molecule has 3 aromatic rings. The first kappa shape index (κ1) is 26.1. The van der Waals surface area contributed by atoms with Crippen LogP contribution in [0.2, 0.25) is 5.02 Å². The van der Waals surface area contributed by atoms with Crippen molar-refractivity contribution in [2.45, 2.75) is 31.9 Å². The molecule has 0 heterocycles. The van der Waals surface area contributed by atoms with E-state index in [1.165, 1.54) is 13.1 Å². The average molecular weight is 506 g/mol. The van der Waals surface area contributed by atoms with Gasteiger partial charge < -0.3 is 9.47 Å². The van der Waals surface area contributed by atoms with Gasteiger partial charge >= 0.3 is 18.2 Å². The van der Waals surface area contributed by atoms with Crippen molar-refractivity contribution in [1.82, 2.24) is 4.90 Å². The summed E-state index contributed by atoms with van der Waals surface area (Å²) in [4.78, 5) is 26.7. The number of carbonyl (C=O) groups excluding carboxylic acids is 2. The number of hydrogen-bond acceptors (Lipinski definition) is 4. The third-order valence-corrected chi connectivity index (χ3v) is 5.54. The highest BCUT2D eigenvalue weighted by atomic mass is 35.5. The molecule has 0 N–H and O–H groups in total. The molecule has 0 saturated carbocycles. The number of carbonyl (C=O) groups is 2. The van der Waals surface area contributed by atoms with E-state index in [0.29, 0.717) is 5.56 Å². The quantitative estimate of drug-likeness (QED) is 0.338. The molecule has 1 unspecified atom stereocenters. The van der Waals surface area contributed by atoms with Gasteiger partial charge in [0.2, 0.25) is 0 Å². The zero-order chi connectivity index (χ0) is 25.4. The lowest BCUT2D eigenvalue weighted by atomic mass is 10.0. The van der Waals surface area contributed by atoms with Crippen LogP contribution in [-0.4, -0.2) is 30.1 Å². The zero-order valence-electron chi connectivity index (χ0n) is 18.8. The first-order chi connectivity index (χ1) is 16.6. The third-order valence-electron chi connectivity index (χ3n) is 5.22. The second kappa shape index (κ2) is 11.8. The van der Waals surface area contributed by atoms with E-state index >= 15 is 0 Å². The molecule has 0 bridgehead atoms. The van der Waals surface area contributed by atoms with Gasteiger partial charge in [0.1, 0.15) is 19.3 Å². The van der Waals surface area contributed by atoms with Crippen LogP contribution in [0.15, 0.2) is 78.9 Å². The molecule has 3 aromatic carbocycles. The monoisotopic (exact) mass is 505 g/mol. The second-order valence-electron chi connectivity index (χ2n) is 7.78. The van der Waals surface area contributed by atoms with Gasteiger partial charge in [0.15, 0.2) is 0 Å². The Morgan fingerprint density at radius 2 is 1.40 bits per heavy atom. The Labute approximate surface area is 206 Å². The largest absolute Gasteiger partial charge is 0.459 e. The van der Waals surface area contributed by atoms with Crippen molar-refractivity contribution in [2.24, 2.45) is 0 Å². The fourth-order valence-corrected chi connectivity index (χ4v) is 3.60. The van der Waals surface area contributed by atoms with Gasteiger partial charge in [0.25, 0.3) is 0 Å². The van der Waals surface area contributed by atoms with Gasteiger partial charge in [0.05, 0.1) is 10.6 Å². The number of likely N-dealkylation sites (N-methyl/N-ethyl adjacent to an activating group) is 1. The lowest BCUT2D eigenvalue weighted by molar-refractivity contribution is -0.150. The molecular weight excluding hydrogens is 483 g/mol. The summed E-state index contributed by atoms with van der Waals surface area (Å²) in [6, 6.07) is 20.0. The van der Waals surface area contributed by atoms with Gasteiger partial charge in [0, 0.05) is 13.5 Å². The Morgan fingerprint density at radius 1 is 0.857 bits per heavy atom. The molecule has 0 spiro atoms. The summed E-state index contributed by atoms with van der Waals surface area (Å²) in [6.45, 7) is -0.0429. The topological polar surface area (TPSA) is 55.8 Å². The van der Waals surface area contributed by atoms with E-state index in [2.05, 4.69) is 0 Å². The molecule has 1 atom stereocenters. The second-order valence-corrected chi connectivity index (χ2v) is 8.18. The fraction of sp³-hybridized carbons (Fsp3) is 0.231. The zero-order valence-corrected chi connectivity index (χ0v) is 19.6. The maximum absolute atomic E-state index is 13.1. The molecule has 0 aliphatic heterocycles. The number of benzene rings is 3. The van der Waals surface area contributed by atoms with Crippen molar-refractivity contribution >= 4 is 23.7 Å². The predicted molar refractivity (Wildman–Crippen MR) is 125 cm³/mol. The van der Waals surface area contributed by atoms with Crippen molar-refractivity contribution in [3.05, 3.63) is 106 Å². The van der Waals surface area contributed by atoms with E-state index < -0.39 is 34.9 Å². The highest BCUT2D eigenvalue weighted by Gasteiger charge is 2.34. The van der Waals surface area contributed by atoms with Gasteiger partial charge in [-0.15, -0.1) is 0 Å². The summed E-state index contributed by atoms with van der Waals surface area (Å²) in [5.41, 5.74) is 0.840. The van der Waals surface area contributed by atoms with E-state index in [4.69, 9.17) is 21.1 Å². The third kappa shape index (κ3) is 7.48. The van der Waals surface area contributed by atoms with E-state index in [9.17, 15) is 22.8 Å². The molecule has 0 fully saturated rings. The van der Waals surface area contributed by atoms with Crippen molar-refractivity contribution in [1.29, 1.82) is 0 Å². The van der Waals surface area contributed by atoms with Crippen LogP contribution < -0.4 is 0 Å². The fourth-order valence-electron chi connectivity index (χ4n) is 3.29. The molecule has 5 nitrogen and oxygen atoms in total. The standard InChI is InChI=1S/C26H23ClF3NO4/c1-31(25(33)35-17-19-10-6-3-7-11-19)23(24(32)34-16-18-8-4-2-5-9-18)15-20-12-13-21(22(27)14-20)26(28,29)30/h2-14,23H,15-17H2,1H3. The number of amides is 1. The summed E-state index contributed by atoms with van der Waals surface area (Å²) < 4.78 is 49.9. The van der Waals surface area contributed by atoms with Gasteiger partial charge in [-0.1, -0.05) is 78.3 Å². The first-order valence-corrected chi connectivity index (χ1v) is 11.0. The highest BCUT2D eigenvalue weighted by molar-refractivity contribution is 6.31. The molecule has 1 amide bonds. The van der Waals surface area contributed by atoms with Crippen LogP contribution in [0, 0.1) is 0 Å². The van der Waals surface area contributed by atoms with Gasteiger partial charge in [-0.2, -0.15) is 13.2 Å². The summed E-state index contributed by atoms with van der Waals surface area (Å²) in [7, 11) is 1.37. The molecule has 3 rings (SSSR count). The first-order valence-electron chi connectivity index (χ1n) is 10.6. The Kier molecular flexibility index (Phi) is 8.76. The Morgan fingerprint density at radius 3 is 1.91 bits per heavy atom. The van der Waals surface area contributed by atoms with Crippen LogP contribution in [0.4, 0.5) is 18.0 Å². The molecular formula is C26H23ClF3NO4. The number of ether oxygens (including phenoxy) is 2. The van der Waals surface area contributed by atoms with Gasteiger partial charge in [-0.25, -0.2) is 9.59 Å². The predicted octanol–water partition coefficient (Wildman–Crippen LogP) is 6.28. The van der Waals surface area contributed by atoms with Crippen LogP contribution >= 0.6 is 11.6 Å². The van der Waals surface area contributed by atoms with Crippen LogP contribution in [0.5, 0.6) is 0 Å². The maximum Gasteiger partial charge on any atom is 0.417 e. The normalized spacial score (nSPS) is 12.0. The lowest BCUT2D eigenvalue weighted by Crippen LogP contribution is -2.45. The molecule has 184 valence electrons. The number of alkyl halides is 3. The molecule has 35 heavy (non-hydrogen) atoms. The molecule has 0 radical (unpaired) electrons. The minimum atomic E-state index is -4.61. The number of esters is 1. The molecule has 0 aliphatic carbocycles. The van der Waals surface area contributed by atoms with Crippen molar-refractivity contribution in [2.75, 3.05) is 7.05 Å². The maximum atomic E-state index is 13.1.